The van der Waals surface area contributed by atoms with Crippen molar-refractivity contribution >= 4 is 17.7 Å². The number of rotatable bonds is 5. The summed E-state index contributed by atoms with van der Waals surface area (Å²) < 4.78 is 13.3. The molecule has 0 spiro atoms. The first kappa shape index (κ1) is 14.7. The number of anilines is 1. The van der Waals surface area contributed by atoms with Gasteiger partial charge in [0.05, 0.1) is 0 Å². The van der Waals surface area contributed by atoms with Gasteiger partial charge in [-0.3, -0.25) is 4.79 Å². The maximum atomic E-state index is 13.3. The van der Waals surface area contributed by atoms with Crippen molar-refractivity contribution in [3.05, 3.63) is 42.2 Å². The Hall–Kier alpha value is -2.37. The zero-order chi connectivity index (χ0) is 14.4. The summed E-state index contributed by atoms with van der Waals surface area (Å²) in [6.45, 7) is 4.62. The number of aliphatic carboxylic acids is 1. The van der Waals surface area contributed by atoms with Gasteiger partial charge in [-0.2, -0.15) is 0 Å². The van der Waals surface area contributed by atoms with E-state index < -0.39 is 24.4 Å². The van der Waals surface area contributed by atoms with Crippen LogP contribution in [-0.2, 0) is 4.79 Å². The fourth-order valence-electron chi connectivity index (χ4n) is 1.48. The Morgan fingerprint density at radius 2 is 2.21 bits per heavy atom. The molecule has 0 fully saturated rings. The number of halogens is 1. The van der Waals surface area contributed by atoms with Crippen LogP contribution in [0.5, 0.6) is 0 Å². The monoisotopic (exact) mass is 266 g/mol. The van der Waals surface area contributed by atoms with Crippen molar-refractivity contribution in [3.8, 4) is 0 Å². The van der Waals surface area contributed by atoms with Crippen molar-refractivity contribution < 1.29 is 19.1 Å². The largest absolute Gasteiger partial charge is 0.480 e. The van der Waals surface area contributed by atoms with Crippen molar-refractivity contribution in [2.75, 3.05) is 18.4 Å². The third kappa shape index (κ3) is 4.09. The standard InChI is InChI=1S/C13H15FN2O3/c1-3-7-16(8-12(17)18)13(19)15-11-6-4-5-10(14)9(11)2/h3-6H,1,7-8H2,2H3,(H,15,19)(H,17,18). The van der Waals surface area contributed by atoms with Gasteiger partial charge in [0, 0.05) is 17.8 Å². The number of carbonyl (C=O) groups excluding carboxylic acids is 1. The van der Waals surface area contributed by atoms with Crippen LogP contribution in [0, 0.1) is 12.7 Å². The highest BCUT2D eigenvalue weighted by Gasteiger charge is 2.16. The fraction of sp³-hybridized carbons (Fsp3) is 0.231. The molecule has 5 nitrogen and oxygen atoms in total. The van der Waals surface area contributed by atoms with Crippen molar-refractivity contribution in [1.82, 2.24) is 4.90 Å². The van der Waals surface area contributed by atoms with Crippen LogP contribution in [0.25, 0.3) is 0 Å². The smallest absolute Gasteiger partial charge is 0.323 e. The van der Waals surface area contributed by atoms with Gasteiger partial charge in [0.25, 0.3) is 0 Å². The normalized spacial score (nSPS) is 9.79. The topological polar surface area (TPSA) is 69.6 Å². The van der Waals surface area contributed by atoms with Crippen LogP contribution >= 0.6 is 0 Å². The van der Waals surface area contributed by atoms with E-state index in [-0.39, 0.29) is 6.54 Å². The number of hydrogen-bond donors (Lipinski definition) is 2. The van der Waals surface area contributed by atoms with Gasteiger partial charge in [-0.15, -0.1) is 6.58 Å². The number of urea groups is 1. The van der Waals surface area contributed by atoms with Gasteiger partial charge in [0.1, 0.15) is 12.4 Å². The molecule has 0 unspecified atom stereocenters. The molecule has 1 aromatic carbocycles. The predicted molar refractivity (Wildman–Crippen MR) is 69.6 cm³/mol. The SMILES string of the molecule is C=CCN(CC(=O)O)C(=O)Nc1cccc(F)c1C. The van der Waals surface area contributed by atoms with Crippen molar-refractivity contribution in [1.29, 1.82) is 0 Å². The summed E-state index contributed by atoms with van der Waals surface area (Å²) in [6, 6.07) is 3.68. The van der Waals surface area contributed by atoms with E-state index in [1.807, 2.05) is 0 Å². The van der Waals surface area contributed by atoms with E-state index in [4.69, 9.17) is 5.11 Å². The molecule has 1 rings (SSSR count). The summed E-state index contributed by atoms with van der Waals surface area (Å²) >= 11 is 0. The molecule has 1 aromatic rings. The number of nitrogens with zero attached hydrogens (tertiary/aromatic N) is 1. The Kier molecular flexibility index (Phi) is 5.05. The Labute approximate surface area is 110 Å². The second kappa shape index (κ2) is 6.53. The first-order valence-corrected chi connectivity index (χ1v) is 5.59. The van der Waals surface area contributed by atoms with Gasteiger partial charge in [-0.1, -0.05) is 12.1 Å². The summed E-state index contributed by atoms with van der Waals surface area (Å²) in [7, 11) is 0. The number of nitrogens with one attached hydrogen (secondary N) is 1. The van der Waals surface area contributed by atoms with Crippen LogP contribution in [0.4, 0.5) is 14.9 Å². The summed E-state index contributed by atoms with van der Waals surface area (Å²) in [5, 5.41) is 11.2. The molecule has 0 bridgehead atoms. The zero-order valence-electron chi connectivity index (χ0n) is 10.5. The van der Waals surface area contributed by atoms with Gasteiger partial charge in [0.2, 0.25) is 0 Å². The molecule has 0 saturated heterocycles. The van der Waals surface area contributed by atoms with Crippen molar-refractivity contribution in [2.24, 2.45) is 0 Å². The van der Waals surface area contributed by atoms with Gasteiger partial charge < -0.3 is 15.3 Å². The molecule has 102 valence electrons. The lowest BCUT2D eigenvalue weighted by molar-refractivity contribution is -0.137. The molecule has 19 heavy (non-hydrogen) atoms. The highest BCUT2D eigenvalue weighted by molar-refractivity contribution is 5.92. The lowest BCUT2D eigenvalue weighted by Gasteiger charge is -2.20. The summed E-state index contributed by atoms with van der Waals surface area (Å²) in [5.74, 6) is -1.57. The van der Waals surface area contributed by atoms with Gasteiger partial charge in [0.15, 0.2) is 0 Å². The minimum atomic E-state index is -1.13. The van der Waals surface area contributed by atoms with E-state index in [0.29, 0.717) is 11.3 Å². The van der Waals surface area contributed by atoms with Crippen LogP contribution in [-0.4, -0.2) is 35.1 Å². The number of carboxylic acids is 1. The second-order valence-corrected chi connectivity index (χ2v) is 3.91. The van der Waals surface area contributed by atoms with Crippen LogP contribution in [0.3, 0.4) is 0 Å². The fourth-order valence-corrected chi connectivity index (χ4v) is 1.48. The highest BCUT2D eigenvalue weighted by atomic mass is 19.1. The average molecular weight is 266 g/mol. The molecule has 0 atom stereocenters. The zero-order valence-corrected chi connectivity index (χ0v) is 10.5. The third-order valence-corrected chi connectivity index (χ3v) is 2.47. The number of carboxylic acid groups (broad SMARTS) is 1. The highest BCUT2D eigenvalue weighted by Crippen LogP contribution is 2.17. The molecular weight excluding hydrogens is 251 g/mol. The summed E-state index contributed by atoms with van der Waals surface area (Å²) in [6.07, 6.45) is 1.42. The molecule has 0 aliphatic heterocycles. The molecule has 0 aromatic heterocycles. The third-order valence-electron chi connectivity index (χ3n) is 2.47. The number of benzene rings is 1. The molecule has 2 amide bonds. The van der Waals surface area contributed by atoms with Crippen LogP contribution in [0.1, 0.15) is 5.56 Å². The van der Waals surface area contributed by atoms with Gasteiger partial charge >= 0.3 is 12.0 Å². The van der Waals surface area contributed by atoms with Crippen molar-refractivity contribution in [3.63, 3.8) is 0 Å². The lowest BCUT2D eigenvalue weighted by Crippen LogP contribution is -2.39. The first-order chi connectivity index (χ1) is 8.95. The average Bonchev–Trinajstić information content (AvgIpc) is 2.34. The first-order valence-electron chi connectivity index (χ1n) is 5.59. The van der Waals surface area contributed by atoms with Crippen LogP contribution in [0.15, 0.2) is 30.9 Å². The minimum Gasteiger partial charge on any atom is -0.480 e. The Bertz CT molecular complexity index is 503. The van der Waals surface area contributed by atoms with E-state index in [2.05, 4.69) is 11.9 Å². The Morgan fingerprint density at radius 3 is 2.79 bits per heavy atom. The molecule has 0 saturated carbocycles. The maximum Gasteiger partial charge on any atom is 0.323 e. The maximum absolute atomic E-state index is 13.3. The quantitative estimate of drug-likeness (QED) is 0.803. The Morgan fingerprint density at radius 1 is 1.53 bits per heavy atom. The molecule has 0 aliphatic rings. The van der Waals surface area contributed by atoms with Crippen LogP contribution < -0.4 is 5.32 Å². The number of hydrogen-bond acceptors (Lipinski definition) is 2. The summed E-state index contributed by atoms with van der Waals surface area (Å²) in [5.41, 5.74) is 0.606. The number of amides is 2. The van der Waals surface area contributed by atoms with E-state index in [9.17, 15) is 14.0 Å². The minimum absolute atomic E-state index is 0.0898. The van der Waals surface area contributed by atoms with E-state index in [1.165, 1.54) is 25.1 Å². The summed E-state index contributed by atoms with van der Waals surface area (Å²) in [4.78, 5) is 23.6. The molecular formula is C13H15FN2O3. The molecule has 2 N–H and O–H groups in total. The van der Waals surface area contributed by atoms with E-state index >= 15 is 0 Å². The van der Waals surface area contributed by atoms with E-state index in [1.54, 1.807) is 6.07 Å². The molecule has 0 aliphatic carbocycles. The Balaban J connectivity index is 2.83. The second-order valence-electron chi connectivity index (χ2n) is 3.91. The molecule has 6 heteroatoms. The predicted octanol–water partition coefficient (Wildman–Crippen LogP) is 2.24. The number of carbonyl (C=O) groups is 2. The molecule has 0 radical (unpaired) electrons. The molecule has 0 heterocycles. The lowest BCUT2D eigenvalue weighted by atomic mass is 10.2. The van der Waals surface area contributed by atoms with Gasteiger partial charge in [-0.25, -0.2) is 9.18 Å². The van der Waals surface area contributed by atoms with E-state index in [0.717, 1.165) is 4.90 Å². The van der Waals surface area contributed by atoms with Crippen molar-refractivity contribution in [2.45, 2.75) is 6.92 Å². The van der Waals surface area contributed by atoms with Gasteiger partial charge in [-0.05, 0) is 19.1 Å². The van der Waals surface area contributed by atoms with Crippen LogP contribution in [0.2, 0.25) is 0 Å².